The second kappa shape index (κ2) is 8.32. The summed E-state index contributed by atoms with van der Waals surface area (Å²) in [5.41, 5.74) is 5.28. The number of para-hydroxylation sites is 1. The Balaban J connectivity index is 0.00000225. The largest absolute Gasteiger partial charge is 0.494 e. The smallest absolute Gasteiger partial charge is 0.267 e. The van der Waals surface area contributed by atoms with Gasteiger partial charge in [-0.3, -0.25) is 10.0 Å². The summed E-state index contributed by atoms with van der Waals surface area (Å²) in [6.45, 7) is 0. The number of halogens is 1. The molecule has 130 valence electrons. The number of hydrogen-bond acceptors (Lipinski definition) is 4. The number of nitrogens with one attached hydrogen (secondary N) is 2. The quantitative estimate of drug-likeness (QED) is 0.371. The van der Waals surface area contributed by atoms with E-state index in [0.717, 1.165) is 33.7 Å². The first-order valence-electron chi connectivity index (χ1n) is 7.42. The Bertz CT molecular complexity index is 888. The third kappa shape index (κ3) is 4.37. The van der Waals surface area contributed by atoms with Gasteiger partial charge in [-0.1, -0.05) is 30.3 Å². The molecular formula is C18H18ClN3O3. The van der Waals surface area contributed by atoms with Gasteiger partial charge < -0.3 is 9.72 Å². The third-order valence-corrected chi connectivity index (χ3v) is 3.63. The van der Waals surface area contributed by atoms with Gasteiger partial charge in [0.25, 0.3) is 5.91 Å². The number of benzene rings is 2. The number of ether oxygens (including phenoxy) is 1. The van der Waals surface area contributed by atoms with E-state index >= 15 is 0 Å². The fourth-order valence-corrected chi connectivity index (χ4v) is 2.45. The van der Waals surface area contributed by atoms with Crippen LogP contribution in [0.15, 0.2) is 48.5 Å². The van der Waals surface area contributed by atoms with Crippen LogP contribution in [0, 0.1) is 0 Å². The molecule has 0 fully saturated rings. The summed E-state index contributed by atoms with van der Waals surface area (Å²) in [6.07, 6.45) is 3.56. The molecule has 0 aliphatic rings. The monoisotopic (exact) mass is 359 g/mol. The van der Waals surface area contributed by atoms with E-state index in [9.17, 15) is 4.79 Å². The van der Waals surface area contributed by atoms with Crippen LogP contribution in [-0.2, 0) is 11.2 Å². The molecule has 0 atom stereocenters. The highest BCUT2D eigenvalue weighted by Crippen LogP contribution is 2.23. The Morgan fingerprint density at radius 1 is 1.28 bits per heavy atom. The third-order valence-electron chi connectivity index (χ3n) is 3.63. The Labute approximate surface area is 150 Å². The van der Waals surface area contributed by atoms with Crippen molar-refractivity contribution in [2.45, 2.75) is 6.42 Å². The number of carbonyl (C=O) groups is 1. The number of hydroxylamine groups is 1. The van der Waals surface area contributed by atoms with E-state index < -0.39 is 5.91 Å². The number of aromatic amines is 1. The second-order valence-corrected chi connectivity index (χ2v) is 5.27. The fraction of sp³-hybridized carbons (Fsp3) is 0.111. The van der Waals surface area contributed by atoms with Gasteiger partial charge in [0.2, 0.25) is 0 Å². The van der Waals surface area contributed by atoms with Gasteiger partial charge in [0.15, 0.2) is 0 Å². The highest BCUT2D eigenvalue weighted by Gasteiger charge is 2.08. The number of amides is 1. The first kappa shape index (κ1) is 18.5. The maximum Gasteiger partial charge on any atom is 0.267 e. The topological polar surface area (TPSA) is 87.2 Å². The molecule has 0 aliphatic carbocycles. The number of rotatable bonds is 5. The first-order valence-corrected chi connectivity index (χ1v) is 7.42. The molecule has 6 nitrogen and oxygen atoms in total. The van der Waals surface area contributed by atoms with Crippen LogP contribution < -0.4 is 10.2 Å². The lowest BCUT2D eigenvalue weighted by atomic mass is 10.1. The molecule has 0 bridgehead atoms. The number of methoxy groups -OCH3 is 1. The Morgan fingerprint density at radius 3 is 2.72 bits per heavy atom. The molecule has 1 heterocycles. The maximum absolute atomic E-state index is 11.0. The van der Waals surface area contributed by atoms with Gasteiger partial charge in [-0.25, -0.2) is 10.5 Å². The molecular weight excluding hydrogens is 342 g/mol. The van der Waals surface area contributed by atoms with E-state index in [1.807, 2.05) is 42.5 Å². The van der Waals surface area contributed by atoms with Gasteiger partial charge in [-0.2, -0.15) is 0 Å². The van der Waals surface area contributed by atoms with Crippen LogP contribution in [0.1, 0.15) is 17.0 Å². The van der Waals surface area contributed by atoms with Crippen molar-refractivity contribution in [3.63, 3.8) is 0 Å². The van der Waals surface area contributed by atoms with Crippen molar-refractivity contribution >= 4 is 35.4 Å². The van der Waals surface area contributed by atoms with Crippen LogP contribution >= 0.6 is 12.4 Å². The summed E-state index contributed by atoms with van der Waals surface area (Å²) in [4.78, 5) is 18.9. The molecule has 2 aromatic carbocycles. The number of imidazole rings is 1. The van der Waals surface area contributed by atoms with Gasteiger partial charge >= 0.3 is 0 Å². The average molecular weight is 360 g/mol. The summed E-state index contributed by atoms with van der Waals surface area (Å²) in [6, 6.07) is 13.5. The number of carbonyl (C=O) groups excluding carboxylic acids is 1. The molecule has 25 heavy (non-hydrogen) atoms. The molecule has 3 N–H and O–H groups in total. The number of H-pyrrole nitrogens is 1. The van der Waals surface area contributed by atoms with Crippen molar-refractivity contribution in [2.24, 2.45) is 0 Å². The zero-order chi connectivity index (χ0) is 16.9. The van der Waals surface area contributed by atoms with Crippen LogP contribution in [0.3, 0.4) is 0 Å². The van der Waals surface area contributed by atoms with E-state index in [-0.39, 0.29) is 12.4 Å². The molecule has 3 aromatic rings. The molecule has 0 aliphatic heterocycles. The van der Waals surface area contributed by atoms with Crippen molar-refractivity contribution < 1.29 is 14.7 Å². The van der Waals surface area contributed by atoms with Crippen LogP contribution in [0.2, 0.25) is 0 Å². The van der Waals surface area contributed by atoms with Crippen molar-refractivity contribution in [2.75, 3.05) is 7.11 Å². The SMILES string of the molecule is COc1cccc2[nH]c(Cc3ccc(/C=C/C(=O)NO)cc3)nc12.Cl. The minimum Gasteiger partial charge on any atom is -0.494 e. The molecule has 0 spiro atoms. The van der Waals surface area contributed by atoms with E-state index in [1.54, 1.807) is 18.7 Å². The fourth-order valence-electron chi connectivity index (χ4n) is 2.45. The molecule has 0 unspecified atom stereocenters. The van der Waals surface area contributed by atoms with Crippen molar-refractivity contribution in [1.29, 1.82) is 0 Å². The second-order valence-electron chi connectivity index (χ2n) is 5.27. The van der Waals surface area contributed by atoms with Crippen molar-refractivity contribution in [3.05, 3.63) is 65.5 Å². The van der Waals surface area contributed by atoms with Gasteiger partial charge in [-0.05, 0) is 29.3 Å². The molecule has 0 radical (unpaired) electrons. The van der Waals surface area contributed by atoms with E-state index in [1.165, 1.54) is 6.08 Å². The van der Waals surface area contributed by atoms with Gasteiger partial charge in [-0.15, -0.1) is 12.4 Å². The van der Waals surface area contributed by atoms with Crippen LogP contribution in [0.25, 0.3) is 17.1 Å². The summed E-state index contributed by atoms with van der Waals surface area (Å²) in [7, 11) is 1.63. The summed E-state index contributed by atoms with van der Waals surface area (Å²) < 4.78 is 5.32. The van der Waals surface area contributed by atoms with Gasteiger partial charge in [0, 0.05) is 12.5 Å². The predicted octanol–water partition coefficient (Wildman–Crippen LogP) is 3.10. The van der Waals surface area contributed by atoms with Gasteiger partial charge in [0.1, 0.15) is 17.1 Å². The Hall–Kier alpha value is -2.83. The van der Waals surface area contributed by atoms with E-state index in [4.69, 9.17) is 9.94 Å². The summed E-state index contributed by atoms with van der Waals surface area (Å²) in [5.74, 6) is 1.05. The predicted molar refractivity (Wildman–Crippen MR) is 98.1 cm³/mol. The van der Waals surface area contributed by atoms with Crippen LogP contribution in [-0.4, -0.2) is 28.2 Å². The molecule has 0 saturated heterocycles. The lowest BCUT2D eigenvalue weighted by molar-refractivity contribution is -0.124. The molecule has 0 saturated carbocycles. The highest BCUT2D eigenvalue weighted by molar-refractivity contribution is 5.90. The number of aromatic nitrogens is 2. The normalized spacial score (nSPS) is 10.6. The molecule has 7 heteroatoms. The van der Waals surface area contributed by atoms with Crippen molar-refractivity contribution in [1.82, 2.24) is 15.4 Å². The standard InChI is InChI=1S/C18H17N3O3.ClH/c1-24-15-4-2-3-14-18(15)20-16(19-14)11-13-7-5-12(6-8-13)9-10-17(22)21-23;/h2-10,23H,11H2,1H3,(H,19,20)(H,21,22);1H/b10-9+;. The molecule has 1 aromatic heterocycles. The summed E-state index contributed by atoms with van der Waals surface area (Å²) in [5, 5.41) is 8.45. The summed E-state index contributed by atoms with van der Waals surface area (Å²) >= 11 is 0. The minimum atomic E-state index is -0.560. The number of nitrogens with zero attached hydrogens (tertiary/aromatic N) is 1. The maximum atomic E-state index is 11.0. The lowest BCUT2D eigenvalue weighted by Crippen LogP contribution is -2.14. The number of fused-ring (bicyclic) bond motifs is 1. The average Bonchev–Trinajstić information content (AvgIpc) is 3.03. The van der Waals surface area contributed by atoms with E-state index in [2.05, 4.69) is 9.97 Å². The molecule has 1 amide bonds. The minimum absolute atomic E-state index is 0. The van der Waals surface area contributed by atoms with Crippen LogP contribution in [0.4, 0.5) is 0 Å². The Morgan fingerprint density at radius 2 is 2.04 bits per heavy atom. The highest BCUT2D eigenvalue weighted by atomic mass is 35.5. The van der Waals surface area contributed by atoms with Crippen molar-refractivity contribution in [3.8, 4) is 5.75 Å². The zero-order valence-corrected chi connectivity index (χ0v) is 14.3. The Kier molecular flexibility index (Phi) is 6.16. The van der Waals surface area contributed by atoms with Crippen LogP contribution in [0.5, 0.6) is 5.75 Å². The molecule has 3 rings (SSSR count). The zero-order valence-electron chi connectivity index (χ0n) is 13.5. The lowest BCUT2D eigenvalue weighted by Gasteiger charge is -2.00. The van der Waals surface area contributed by atoms with Gasteiger partial charge in [0.05, 0.1) is 12.6 Å². The first-order chi connectivity index (χ1) is 11.7. The number of hydrogen-bond donors (Lipinski definition) is 3. The van der Waals surface area contributed by atoms with E-state index in [0.29, 0.717) is 6.42 Å².